The van der Waals surface area contributed by atoms with Crippen molar-refractivity contribution in [3.05, 3.63) is 30.1 Å². The van der Waals surface area contributed by atoms with E-state index in [0.29, 0.717) is 19.2 Å². The van der Waals surface area contributed by atoms with Crippen LogP contribution >= 0.6 is 0 Å². The average Bonchev–Trinajstić information content (AvgIpc) is 3.14. The lowest BCUT2D eigenvalue weighted by molar-refractivity contribution is -0.129. The van der Waals surface area contributed by atoms with Gasteiger partial charge in [0.2, 0.25) is 5.91 Å². The Morgan fingerprint density at radius 2 is 2.27 bits per heavy atom. The number of aromatic nitrogens is 2. The minimum Gasteiger partial charge on any atom is -0.368 e. The van der Waals surface area contributed by atoms with E-state index >= 15 is 0 Å². The molecule has 5 heteroatoms. The van der Waals surface area contributed by atoms with Crippen LogP contribution in [0.1, 0.15) is 38.6 Å². The van der Waals surface area contributed by atoms with Gasteiger partial charge in [0.1, 0.15) is 11.9 Å². The van der Waals surface area contributed by atoms with Gasteiger partial charge in [-0.3, -0.25) is 4.79 Å². The Hall–Kier alpha value is -1.88. The number of ether oxygens (including phenoxy) is 1. The van der Waals surface area contributed by atoms with Gasteiger partial charge < -0.3 is 14.6 Å². The van der Waals surface area contributed by atoms with Gasteiger partial charge in [-0.2, -0.15) is 0 Å². The number of carbonyl (C=O) groups excluding carboxylic acids is 1. The van der Waals surface area contributed by atoms with E-state index in [1.54, 1.807) is 0 Å². The van der Waals surface area contributed by atoms with Gasteiger partial charge in [-0.25, -0.2) is 4.98 Å². The first-order valence-corrected chi connectivity index (χ1v) is 8.02. The predicted octanol–water partition coefficient (Wildman–Crippen LogP) is 2.45. The Kier molecular flexibility index (Phi) is 4.43. The Balaban J connectivity index is 1.68. The van der Waals surface area contributed by atoms with Crippen LogP contribution in [0, 0.1) is 0 Å². The van der Waals surface area contributed by atoms with Crippen molar-refractivity contribution in [1.82, 2.24) is 14.9 Å². The summed E-state index contributed by atoms with van der Waals surface area (Å²) in [5.41, 5.74) is 2.16. The van der Waals surface area contributed by atoms with E-state index in [0.717, 1.165) is 36.1 Å². The Labute approximate surface area is 130 Å². The molecule has 2 aromatic rings. The third-order valence-electron chi connectivity index (χ3n) is 4.06. The predicted molar refractivity (Wildman–Crippen MR) is 85.8 cm³/mol. The van der Waals surface area contributed by atoms with E-state index in [1.165, 1.54) is 0 Å². The summed E-state index contributed by atoms with van der Waals surface area (Å²) in [6.45, 7) is 5.60. The molecular formula is C17H23N3O2. The van der Waals surface area contributed by atoms with Crippen LogP contribution < -0.4 is 5.32 Å². The first kappa shape index (κ1) is 15.0. The molecule has 0 bridgehead atoms. The quantitative estimate of drug-likeness (QED) is 0.923. The number of hydrogen-bond donors (Lipinski definition) is 1. The Morgan fingerprint density at radius 3 is 3.00 bits per heavy atom. The summed E-state index contributed by atoms with van der Waals surface area (Å²) in [5.74, 6) is 1.02. The zero-order chi connectivity index (χ0) is 15.5. The first-order valence-electron chi connectivity index (χ1n) is 8.02. The highest BCUT2D eigenvalue weighted by molar-refractivity contribution is 5.81. The zero-order valence-electron chi connectivity index (χ0n) is 13.2. The number of para-hydroxylation sites is 2. The number of benzene rings is 1. The molecule has 1 N–H and O–H groups in total. The van der Waals surface area contributed by atoms with Gasteiger partial charge in [0, 0.05) is 25.6 Å². The fourth-order valence-corrected chi connectivity index (χ4v) is 3.04. The monoisotopic (exact) mass is 301 g/mol. The van der Waals surface area contributed by atoms with Crippen LogP contribution in [0.5, 0.6) is 0 Å². The normalized spacial score (nSPS) is 18.2. The smallest absolute Gasteiger partial charge is 0.249 e. The fraction of sp³-hybridized carbons (Fsp3) is 0.529. The van der Waals surface area contributed by atoms with Gasteiger partial charge in [0.25, 0.3) is 0 Å². The number of carbonyl (C=O) groups is 1. The highest BCUT2D eigenvalue weighted by Crippen LogP contribution is 2.21. The van der Waals surface area contributed by atoms with Crippen LogP contribution in [-0.2, 0) is 16.0 Å². The van der Waals surface area contributed by atoms with Crippen LogP contribution in [-0.4, -0.2) is 34.7 Å². The maximum absolute atomic E-state index is 12.0. The second-order valence-electron chi connectivity index (χ2n) is 6.02. The van der Waals surface area contributed by atoms with Crippen molar-refractivity contribution in [2.75, 3.05) is 13.2 Å². The summed E-state index contributed by atoms with van der Waals surface area (Å²) in [6.07, 6.45) is 2.27. The highest BCUT2D eigenvalue weighted by Gasteiger charge is 2.23. The molecule has 1 fully saturated rings. The second kappa shape index (κ2) is 6.48. The molecule has 0 saturated carbocycles. The van der Waals surface area contributed by atoms with Crippen LogP contribution in [0.25, 0.3) is 11.0 Å². The van der Waals surface area contributed by atoms with Crippen molar-refractivity contribution in [3.63, 3.8) is 0 Å². The van der Waals surface area contributed by atoms with Crippen molar-refractivity contribution in [1.29, 1.82) is 0 Å². The summed E-state index contributed by atoms with van der Waals surface area (Å²) in [7, 11) is 0. The SMILES string of the molecule is CC(C)n1c(CCNC(=O)C2CCCO2)nc2ccccc21. The summed E-state index contributed by atoms with van der Waals surface area (Å²) >= 11 is 0. The van der Waals surface area contributed by atoms with E-state index < -0.39 is 0 Å². The number of amides is 1. The zero-order valence-corrected chi connectivity index (χ0v) is 13.2. The molecule has 2 heterocycles. The molecule has 22 heavy (non-hydrogen) atoms. The van der Waals surface area contributed by atoms with Gasteiger partial charge in [-0.15, -0.1) is 0 Å². The largest absolute Gasteiger partial charge is 0.368 e. The number of rotatable bonds is 5. The topological polar surface area (TPSA) is 56.2 Å². The van der Waals surface area contributed by atoms with Gasteiger partial charge >= 0.3 is 0 Å². The van der Waals surface area contributed by atoms with E-state index in [2.05, 4.69) is 29.8 Å². The number of fused-ring (bicyclic) bond motifs is 1. The van der Waals surface area contributed by atoms with Gasteiger partial charge in [-0.05, 0) is 38.8 Å². The Morgan fingerprint density at radius 1 is 1.45 bits per heavy atom. The van der Waals surface area contributed by atoms with Crippen LogP contribution in [0.15, 0.2) is 24.3 Å². The molecule has 1 amide bonds. The summed E-state index contributed by atoms with van der Waals surface area (Å²) in [6, 6.07) is 8.50. The number of hydrogen-bond acceptors (Lipinski definition) is 3. The first-order chi connectivity index (χ1) is 10.7. The maximum Gasteiger partial charge on any atom is 0.249 e. The minimum absolute atomic E-state index is 0.00436. The molecule has 1 atom stereocenters. The molecule has 118 valence electrons. The standard InChI is InChI=1S/C17H23N3O2/c1-12(2)20-14-7-4-3-6-13(14)19-16(20)9-10-18-17(21)15-8-5-11-22-15/h3-4,6-7,12,15H,5,8-11H2,1-2H3,(H,18,21). The fourth-order valence-electron chi connectivity index (χ4n) is 3.04. The van der Waals surface area contributed by atoms with Crippen LogP contribution in [0.3, 0.4) is 0 Å². The highest BCUT2D eigenvalue weighted by atomic mass is 16.5. The molecule has 1 aromatic heterocycles. The Bertz CT molecular complexity index is 657. The molecule has 1 aromatic carbocycles. The molecule has 1 aliphatic rings. The van der Waals surface area contributed by atoms with Gasteiger partial charge in [0.15, 0.2) is 0 Å². The molecule has 1 saturated heterocycles. The lowest BCUT2D eigenvalue weighted by Gasteiger charge is -2.14. The molecule has 0 aliphatic carbocycles. The van der Waals surface area contributed by atoms with Gasteiger partial charge in [-0.1, -0.05) is 12.1 Å². The van der Waals surface area contributed by atoms with Crippen LogP contribution in [0.2, 0.25) is 0 Å². The average molecular weight is 301 g/mol. The van der Waals surface area contributed by atoms with E-state index in [-0.39, 0.29) is 12.0 Å². The molecular weight excluding hydrogens is 278 g/mol. The minimum atomic E-state index is -0.260. The van der Waals surface area contributed by atoms with Crippen molar-refractivity contribution in [2.45, 2.75) is 45.3 Å². The number of nitrogens with one attached hydrogen (secondary N) is 1. The van der Waals surface area contributed by atoms with Crippen LogP contribution in [0.4, 0.5) is 0 Å². The second-order valence-corrected chi connectivity index (χ2v) is 6.02. The lowest BCUT2D eigenvalue weighted by Crippen LogP contribution is -2.35. The summed E-state index contributed by atoms with van der Waals surface area (Å²) in [4.78, 5) is 16.7. The summed E-state index contributed by atoms with van der Waals surface area (Å²) in [5, 5.41) is 2.97. The third-order valence-corrected chi connectivity index (χ3v) is 4.06. The van der Waals surface area contributed by atoms with Crippen molar-refractivity contribution in [3.8, 4) is 0 Å². The van der Waals surface area contributed by atoms with Crippen molar-refractivity contribution in [2.24, 2.45) is 0 Å². The molecule has 5 nitrogen and oxygen atoms in total. The van der Waals surface area contributed by atoms with E-state index in [1.807, 2.05) is 18.2 Å². The van der Waals surface area contributed by atoms with E-state index in [9.17, 15) is 4.79 Å². The molecule has 0 spiro atoms. The molecule has 1 unspecified atom stereocenters. The molecule has 3 rings (SSSR count). The maximum atomic E-state index is 12.0. The van der Waals surface area contributed by atoms with Crippen molar-refractivity contribution < 1.29 is 9.53 Å². The number of nitrogens with zero attached hydrogens (tertiary/aromatic N) is 2. The lowest BCUT2D eigenvalue weighted by atomic mass is 10.2. The summed E-state index contributed by atoms with van der Waals surface area (Å²) < 4.78 is 7.64. The molecule has 1 aliphatic heterocycles. The third kappa shape index (κ3) is 2.99. The van der Waals surface area contributed by atoms with E-state index in [4.69, 9.17) is 9.72 Å². The van der Waals surface area contributed by atoms with Crippen molar-refractivity contribution >= 4 is 16.9 Å². The molecule has 0 radical (unpaired) electrons. The number of imidazole rings is 1. The van der Waals surface area contributed by atoms with Gasteiger partial charge in [0.05, 0.1) is 11.0 Å².